The first kappa shape index (κ1) is 17.5. The van der Waals surface area contributed by atoms with Gasteiger partial charge in [-0.05, 0) is 42.5 Å². The molecule has 2 aromatic carbocycles. The van der Waals surface area contributed by atoms with Crippen molar-refractivity contribution in [2.45, 2.75) is 4.90 Å². The van der Waals surface area contributed by atoms with Crippen LogP contribution in [0.1, 0.15) is 21.5 Å². The maximum absolute atomic E-state index is 12.3. The van der Waals surface area contributed by atoms with Gasteiger partial charge >= 0.3 is 0 Å². The van der Waals surface area contributed by atoms with Gasteiger partial charge in [-0.3, -0.25) is 9.78 Å². The zero-order valence-corrected chi connectivity index (χ0v) is 14.4. The highest BCUT2D eigenvalue weighted by Gasteiger charge is 2.07. The molecule has 3 aromatic rings. The molecule has 1 aromatic heterocycles. The van der Waals surface area contributed by atoms with E-state index in [-0.39, 0.29) is 11.3 Å². The van der Waals surface area contributed by atoms with Crippen molar-refractivity contribution in [1.82, 2.24) is 4.98 Å². The van der Waals surface area contributed by atoms with Crippen LogP contribution in [0.2, 0.25) is 0 Å². The highest BCUT2D eigenvalue weighted by atomic mass is 32.2. The summed E-state index contributed by atoms with van der Waals surface area (Å²) in [5, 5.41) is 9.27. The van der Waals surface area contributed by atoms with Gasteiger partial charge in [0.2, 0.25) is 0 Å². The average Bonchev–Trinajstić information content (AvgIpc) is 2.68. The molecule has 1 amide bonds. The number of carbonyl (C=O) groups excluding carboxylic acids is 1. The molecule has 0 aliphatic rings. The van der Waals surface area contributed by atoms with Gasteiger partial charge in [0.15, 0.2) is 0 Å². The normalized spacial score (nSPS) is 11.4. The van der Waals surface area contributed by atoms with Gasteiger partial charge in [0.1, 0.15) is 5.75 Å². The second-order valence-corrected chi connectivity index (χ2v) is 6.42. The molecule has 0 fully saturated rings. The van der Waals surface area contributed by atoms with Crippen LogP contribution in [0.25, 0.3) is 0 Å². The largest absolute Gasteiger partial charge is 0.508 e. The second kappa shape index (κ2) is 8.21. The van der Waals surface area contributed by atoms with Crippen molar-refractivity contribution in [2.75, 3.05) is 0 Å². The van der Waals surface area contributed by atoms with E-state index < -0.39 is 16.9 Å². The van der Waals surface area contributed by atoms with Gasteiger partial charge < -0.3 is 9.66 Å². The quantitative estimate of drug-likeness (QED) is 0.682. The monoisotopic (exact) mass is 362 g/mol. The Balaban J connectivity index is 1.81. The number of nitrogens with zero attached hydrogens (tertiary/aromatic N) is 2. The first-order valence-corrected chi connectivity index (χ1v) is 8.76. The van der Waals surface area contributed by atoms with E-state index in [1.54, 1.807) is 60.8 Å². The van der Waals surface area contributed by atoms with Gasteiger partial charge in [0, 0.05) is 28.4 Å². The summed E-state index contributed by atoms with van der Waals surface area (Å²) in [6.45, 7) is 0. The van der Waals surface area contributed by atoms with Crippen LogP contribution >= 0.6 is 0 Å². The number of aromatic hydroxyl groups is 1. The molecule has 5 nitrogen and oxygen atoms in total. The fraction of sp³-hybridized carbons (Fsp3) is 0. The maximum Gasteiger partial charge on any atom is 0.286 e. The highest BCUT2D eigenvalue weighted by molar-refractivity contribution is 7.82. The highest BCUT2D eigenvalue weighted by Crippen LogP contribution is 2.11. The molecule has 0 saturated carbocycles. The zero-order chi connectivity index (χ0) is 18.4. The van der Waals surface area contributed by atoms with E-state index in [4.69, 9.17) is 0 Å². The summed E-state index contributed by atoms with van der Waals surface area (Å²) in [7, 11) is -1.52. The lowest BCUT2D eigenvalue weighted by atomic mass is 10.1. The molecule has 0 aliphatic heterocycles. The minimum Gasteiger partial charge on any atom is -0.508 e. The fourth-order valence-electron chi connectivity index (χ4n) is 2.04. The van der Waals surface area contributed by atoms with Crippen molar-refractivity contribution in [3.63, 3.8) is 0 Å². The average molecular weight is 362 g/mol. The number of benzene rings is 2. The van der Waals surface area contributed by atoms with Gasteiger partial charge in [-0.15, -0.1) is 0 Å². The van der Waals surface area contributed by atoms with Crippen LogP contribution < -0.4 is 0 Å². The van der Waals surface area contributed by atoms with Gasteiger partial charge in [-0.2, -0.15) is 4.36 Å². The van der Waals surface area contributed by atoms with Gasteiger partial charge in [-0.25, -0.2) is 0 Å². The molecule has 3 rings (SSSR count). The number of amides is 1. The number of aromatic nitrogens is 1. The molecule has 0 saturated heterocycles. The molecule has 0 spiro atoms. The third-order valence-corrected chi connectivity index (χ3v) is 4.36. The van der Waals surface area contributed by atoms with Crippen LogP contribution in [-0.2, 0) is 11.0 Å². The van der Waals surface area contributed by atoms with Crippen molar-refractivity contribution < 1.29 is 14.5 Å². The standard InChI is InChI=1S/C20H14N2O3S/c23-18-10-8-15(9-11-18)6-7-16-12-17(14-21-13-16)20(24)22-26(25)19-4-2-1-3-5-19/h1-5,8-14,23H,(H,22,24,25). The molecule has 0 radical (unpaired) electrons. The number of hydrogen-bond donors (Lipinski definition) is 2. The smallest absolute Gasteiger partial charge is 0.286 e. The Hall–Kier alpha value is -3.27. The number of hydrogen-bond acceptors (Lipinski definition) is 3. The Kier molecular flexibility index (Phi) is 5.54. The molecule has 2 N–H and O–H groups in total. The first-order chi connectivity index (χ1) is 12.6. The van der Waals surface area contributed by atoms with Crippen LogP contribution in [0.4, 0.5) is 0 Å². The lowest BCUT2D eigenvalue weighted by molar-refractivity contribution is 0.100. The fourth-order valence-corrected chi connectivity index (χ4v) is 2.81. The Labute approximate surface area is 153 Å². The topological polar surface area (TPSA) is 82.8 Å². The Morgan fingerprint density at radius 3 is 2.38 bits per heavy atom. The minimum absolute atomic E-state index is 0.171. The van der Waals surface area contributed by atoms with Gasteiger partial charge in [0.25, 0.3) is 5.91 Å². The third kappa shape index (κ3) is 4.63. The van der Waals surface area contributed by atoms with E-state index in [1.165, 1.54) is 6.20 Å². The number of carbonyl (C=O) groups is 1. The molecule has 128 valence electrons. The second-order valence-electron chi connectivity index (χ2n) is 5.23. The zero-order valence-electron chi connectivity index (χ0n) is 13.5. The number of pyridine rings is 1. The predicted octanol–water partition coefficient (Wildman–Crippen LogP) is 3.66. The summed E-state index contributed by atoms with van der Waals surface area (Å²) in [5.74, 6) is 5.46. The van der Waals surface area contributed by atoms with Gasteiger partial charge in [0.05, 0.1) is 16.5 Å². The molecule has 1 unspecified atom stereocenters. The maximum atomic E-state index is 12.3. The summed E-state index contributed by atoms with van der Waals surface area (Å²) in [5.41, 5.74) is 1.53. The third-order valence-electron chi connectivity index (χ3n) is 3.33. The van der Waals surface area contributed by atoms with Gasteiger partial charge in [-0.1, -0.05) is 30.0 Å². The molecular formula is C20H14N2O3S. The Morgan fingerprint density at radius 2 is 1.65 bits per heavy atom. The van der Waals surface area contributed by atoms with Crippen molar-refractivity contribution in [1.29, 1.82) is 0 Å². The summed E-state index contributed by atoms with van der Waals surface area (Å²) in [6.07, 6.45) is 2.93. The van der Waals surface area contributed by atoms with Crippen molar-refractivity contribution in [3.8, 4) is 17.6 Å². The molecule has 1 heterocycles. The molecule has 0 bridgehead atoms. The Bertz CT molecular complexity index is 1020. The number of phenols is 1. The van der Waals surface area contributed by atoms with Crippen LogP contribution in [0, 0.1) is 11.8 Å². The first-order valence-electron chi connectivity index (χ1n) is 7.62. The van der Waals surface area contributed by atoms with Crippen LogP contribution in [0.3, 0.4) is 0 Å². The summed E-state index contributed by atoms with van der Waals surface area (Å²) in [4.78, 5) is 16.8. The van der Waals surface area contributed by atoms with Crippen LogP contribution in [-0.4, -0.2) is 20.6 Å². The van der Waals surface area contributed by atoms with Crippen molar-refractivity contribution >= 4 is 16.9 Å². The van der Waals surface area contributed by atoms with E-state index >= 15 is 0 Å². The van der Waals surface area contributed by atoms with Crippen molar-refractivity contribution in [2.24, 2.45) is 4.36 Å². The lowest BCUT2D eigenvalue weighted by Gasteiger charge is -2.00. The van der Waals surface area contributed by atoms with E-state index in [1.807, 2.05) is 6.07 Å². The van der Waals surface area contributed by atoms with E-state index in [2.05, 4.69) is 21.2 Å². The molecule has 0 aliphatic carbocycles. The van der Waals surface area contributed by atoms with Crippen LogP contribution in [0.15, 0.2) is 82.3 Å². The molecule has 6 heteroatoms. The van der Waals surface area contributed by atoms with Crippen molar-refractivity contribution in [3.05, 3.63) is 89.7 Å². The summed E-state index contributed by atoms with van der Waals surface area (Å²) >= 11 is 0. The number of rotatable bonds is 2. The van der Waals surface area contributed by atoms with E-state index in [0.717, 1.165) is 5.56 Å². The molecular weight excluding hydrogens is 348 g/mol. The van der Waals surface area contributed by atoms with Crippen LogP contribution in [0.5, 0.6) is 5.75 Å². The summed E-state index contributed by atoms with van der Waals surface area (Å²) in [6, 6.07) is 16.8. The SMILES string of the molecule is O=C(N=S(O)c1ccccc1)c1cncc(C#Cc2ccc(O)cc2)c1. The van der Waals surface area contributed by atoms with E-state index in [9.17, 15) is 14.5 Å². The predicted molar refractivity (Wildman–Crippen MR) is 99.8 cm³/mol. The minimum atomic E-state index is -1.52. The Morgan fingerprint density at radius 1 is 0.962 bits per heavy atom. The molecule has 1 atom stereocenters. The lowest BCUT2D eigenvalue weighted by Crippen LogP contribution is -2.00. The summed E-state index contributed by atoms with van der Waals surface area (Å²) < 4.78 is 13.9. The number of phenolic OH excluding ortho intramolecular Hbond substituents is 1. The van der Waals surface area contributed by atoms with E-state index in [0.29, 0.717) is 10.5 Å². The molecule has 26 heavy (non-hydrogen) atoms.